The largest absolute Gasteiger partial charge is 0.312 e. The van der Waals surface area contributed by atoms with E-state index in [4.69, 9.17) is 0 Å². The van der Waals surface area contributed by atoms with Crippen LogP contribution in [0.5, 0.6) is 0 Å². The number of nitro benzene ring substituents is 1. The summed E-state index contributed by atoms with van der Waals surface area (Å²) in [4.78, 5) is 10.7. The Balaban J connectivity index is 1.93. The van der Waals surface area contributed by atoms with E-state index in [0.717, 1.165) is 24.1 Å². The first-order valence-corrected chi connectivity index (χ1v) is 6.66. The van der Waals surface area contributed by atoms with Crippen molar-refractivity contribution < 1.29 is 4.92 Å². The van der Waals surface area contributed by atoms with Gasteiger partial charge in [-0.25, -0.2) is 0 Å². The van der Waals surface area contributed by atoms with Gasteiger partial charge in [-0.05, 0) is 31.0 Å². The molecule has 2 aromatic rings. The second kappa shape index (κ2) is 6.82. The smallest absolute Gasteiger partial charge is 0.274 e. The molecule has 0 bridgehead atoms. The van der Waals surface area contributed by atoms with Gasteiger partial charge in [0.2, 0.25) is 0 Å². The van der Waals surface area contributed by atoms with Gasteiger partial charge in [-0.2, -0.15) is 0 Å². The molecule has 0 saturated carbocycles. The Morgan fingerprint density at radius 1 is 1.10 bits per heavy atom. The fourth-order valence-corrected chi connectivity index (χ4v) is 2.18. The molecule has 1 N–H and O–H groups in total. The standard InChI is InChI=1S/C16H18N2O2/c1-13-6-5-9-16(18(19)20)15(13)12-17-11-10-14-7-3-2-4-8-14/h2-9,17H,10-12H2,1H3. The number of nitrogens with one attached hydrogen (secondary N) is 1. The number of nitrogens with zero attached hydrogens (tertiary/aromatic N) is 1. The van der Waals surface area contributed by atoms with Gasteiger partial charge in [0.05, 0.1) is 4.92 Å². The van der Waals surface area contributed by atoms with Crippen LogP contribution in [0.15, 0.2) is 48.5 Å². The van der Waals surface area contributed by atoms with E-state index in [-0.39, 0.29) is 10.6 Å². The number of hydrogen-bond donors (Lipinski definition) is 1. The van der Waals surface area contributed by atoms with Crippen LogP contribution in [0.25, 0.3) is 0 Å². The molecule has 0 unspecified atom stereocenters. The van der Waals surface area contributed by atoms with E-state index < -0.39 is 0 Å². The van der Waals surface area contributed by atoms with Crippen LogP contribution in [0.1, 0.15) is 16.7 Å². The zero-order chi connectivity index (χ0) is 14.4. The molecule has 2 aromatic carbocycles. The van der Waals surface area contributed by atoms with E-state index in [1.54, 1.807) is 12.1 Å². The van der Waals surface area contributed by atoms with Gasteiger partial charge in [0.15, 0.2) is 0 Å². The Morgan fingerprint density at radius 2 is 1.85 bits per heavy atom. The van der Waals surface area contributed by atoms with Crippen LogP contribution < -0.4 is 5.32 Å². The molecular formula is C16H18N2O2. The van der Waals surface area contributed by atoms with E-state index in [0.29, 0.717) is 6.54 Å². The summed E-state index contributed by atoms with van der Waals surface area (Å²) in [7, 11) is 0. The first-order valence-electron chi connectivity index (χ1n) is 6.66. The van der Waals surface area contributed by atoms with Crippen molar-refractivity contribution in [1.29, 1.82) is 0 Å². The topological polar surface area (TPSA) is 55.2 Å². The molecule has 0 aliphatic heterocycles. The minimum atomic E-state index is -0.318. The molecule has 4 nitrogen and oxygen atoms in total. The maximum atomic E-state index is 11.0. The van der Waals surface area contributed by atoms with Crippen molar-refractivity contribution >= 4 is 5.69 Å². The van der Waals surface area contributed by atoms with Gasteiger partial charge in [0.25, 0.3) is 5.69 Å². The molecule has 0 fully saturated rings. The number of hydrogen-bond acceptors (Lipinski definition) is 3. The summed E-state index contributed by atoms with van der Waals surface area (Å²) in [6.07, 6.45) is 0.917. The Morgan fingerprint density at radius 3 is 2.55 bits per heavy atom. The normalized spacial score (nSPS) is 10.4. The monoisotopic (exact) mass is 270 g/mol. The summed E-state index contributed by atoms with van der Waals surface area (Å²) < 4.78 is 0. The van der Waals surface area contributed by atoms with E-state index in [1.165, 1.54) is 5.56 Å². The number of aryl methyl sites for hydroxylation is 1. The van der Waals surface area contributed by atoms with Crippen molar-refractivity contribution in [2.75, 3.05) is 6.54 Å². The zero-order valence-electron chi connectivity index (χ0n) is 11.5. The second-order valence-corrected chi connectivity index (χ2v) is 4.74. The predicted molar refractivity (Wildman–Crippen MR) is 79.7 cm³/mol. The molecule has 0 spiro atoms. The van der Waals surface area contributed by atoms with Crippen LogP contribution in [0.3, 0.4) is 0 Å². The number of nitro groups is 1. The lowest BCUT2D eigenvalue weighted by molar-refractivity contribution is -0.385. The molecule has 0 saturated heterocycles. The van der Waals surface area contributed by atoms with Crippen LogP contribution in [0.2, 0.25) is 0 Å². The van der Waals surface area contributed by atoms with Crippen LogP contribution >= 0.6 is 0 Å². The summed E-state index contributed by atoms with van der Waals surface area (Å²) in [6.45, 7) is 3.23. The molecule has 0 amide bonds. The highest BCUT2D eigenvalue weighted by Crippen LogP contribution is 2.21. The Bertz CT molecular complexity index is 582. The molecule has 0 aliphatic carbocycles. The lowest BCUT2D eigenvalue weighted by Crippen LogP contribution is -2.18. The third-order valence-electron chi connectivity index (χ3n) is 3.32. The van der Waals surface area contributed by atoms with Crippen LogP contribution in [-0.2, 0) is 13.0 Å². The van der Waals surface area contributed by atoms with Gasteiger partial charge in [0, 0.05) is 18.2 Å². The summed E-state index contributed by atoms with van der Waals surface area (Å²) in [6, 6.07) is 15.4. The highest BCUT2D eigenvalue weighted by molar-refractivity contribution is 5.44. The summed E-state index contributed by atoms with van der Waals surface area (Å²) in [5.74, 6) is 0. The number of rotatable bonds is 6. The van der Waals surface area contributed by atoms with Crippen LogP contribution in [0.4, 0.5) is 5.69 Å². The molecule has 20 heavy (non-hydrogen) atoms. The summed E-state index contributed by atoms with van der Waals surface area (Å²) in [5, 5.41) is 14.3. The first-order chi connectivity index (χ1) is 9.68. The lowest BCUT2D eigenvalue weighted by Gasteiger charge is -2.08. The molecule has 104 valence electrons. The maximum absolute atomic E-state index is 11.0. The van der Waals surface area contributed by atoms with Crippen molar-refractivity contribution in [3.05, 3.63) is 75.3 Å². The molecule has 0 heterocycles. The van der Waals surface area contributed by atoms with E-state index in [2.05, 4.69) is 17.4 Å². The molecule has 0 aromatic heterocycles. The van der Waals surface area contributed by atoms with Gasteiger partial charge in [-0.15, -0.1) is 0 Å². The SMILES string of the molecule is Cc1cccc([N+](=O)[O-])c1CNCCc1ccccc1. The minimum Gasteiger partial charge on any atom is -0.312 e. The minimum absolute atomic E-state index is 0.192. The molecule has 0 radical (unpaired) electrons. The van der Waals surface area contributed by atoms with Gasteiger partial charge in [-0.1, -0.05) is 42.5 Å². The van der Waals surface area contributed by atoms with Crippen molar-refractivity contribution in [2.45, 2.75) is 19.9 Å². The Labute approximate surface area is 118 Å². The fraction of sp³-hybridized carbons (Fsp3) is 0.250. The molecule has 4 heteroatoms. The lowest BCUT2D eigenvalue weighted by atomic mass is 10.1. The predicted octanol–water partition coefficient (Wildman–Crippen LogP) is 3.24. The fourth-order valence-electron chi connectivity index (χ4n) is 2.18. The van der Waals surface area contributed by atoms with Gasteiger partial charge >= 0.3 is 0 Å². The highest BCUT2D eigenvalue weighted by atomic mass is 16.6. The average molecular weight is 270 g/mol. The number of benzene rings is 2. The van der Waals surface area contributed by atoms with Crippen molar-refractivity contribution in [1.82, 2.24) is 5.32 Å². The maximum Gasteiger partial charge on any atom is 0.274 e. The second-order valence-electron chi connectivity index (χ2n) is 4.74. The molecule has 0 aliphatic rings. The molecule has 0 atom stereocenters. The van der Waals surface area contributed by atoms with E-state index >= 15 is 0 Å². The average Bonchev–Trinajstić information content (AvgIpc) is 2.45. The van der Waals surface area contributed by atoms with E-state index in [9.17, 15) is 10.1 Å². The Hall–Kier alpha value is -2.20. The van der Waals surface area contributed by atoms with Crippen LogP contribution in [-0.4, -0.2) is 11.5 Å². The quantitative estimate of drug-likeness (QED) is 0.498. The van der Waals surface area contributed by atoms with Crippen molar-refractivity contribution in [3.63, 3.8) is 0 Å². The first kappa shape index (κ1) is 14.2. The van der Waals surface area contributed by atoms with Crippen LogP contribution in [0, 0.1) is 17.0 Å². The summed E-state index contributed by atoms with van der Waals surface area (Å²) in [5.41, 5.74) is 3.17. The molecule has 2 rings (SSSR count). The summed E-state index contributed by atoms with van der Waals surface area (Å²) >= 11 is 0. The van der Waals surface area contributed by atoms with Gasteiger partial charge in [0.1, 0.15) is 0 Å². The van der Waals surface area contributed by atoms with Gasteiger partial charge < -0.3 is 5.32 Å². The Kier molecular flexibility index (Phi) is 4.85. The molecular weight excluding hydrogens is 252 g/mol. The van der Waals surface area contributed by atoms with Crippen molar-refractivity contribution in [2.24, 2.45) is 0 Å². The van der Waals surface area contributed by atoms with E-state index in [1.807, 2.05) is 31.2 Å². The van der Waals surface area contributed by atoms with Gasteiger partial charge in [-0.3, -0.25) is 10.1 Å². The third kappa shape index (κ3) is 3.65. The highest BCUT2D eigenvalue weighted by Gasteiger charge is 2.14. The third-order valence-corrected chi connectivity index (χ3v) is 3.32. The van der Waals surface area contributed by atoms with Crippen molar-refractivity contribution in [3.8, 4) is 0 Å². The zero-order valence-corrected chi connectivity index (χ0v) is 11.5.